The van der Waals surface area contributed by atoms with Gasteiger partial charge in [-0.3, -0.25) is 0 Å². The highest BCUT2D eigenvalue weighted by atomic mass is 16.6. The molecule has 16 heavy (non-hydrogen) atoms. The topological polar surface area (TPSA) is 38.7 Å². The summed E-state index contributed by atoms with van der Waals surface area (Å²) >= 11 is 0. The first kappa shape index (κ1) is 11.6. The van der Waals surface area contributed by atoms with Gasteiger partial charge >= 0.3 is 0 Å². The SMILES string of the molecule is CCc1ccc(C(O)C2COCCO2)cc1. The molecule has 1 aromatic rings. The second kappa shape index (κ2) is 5.43. The maximum Gasteiger partial charge on any atom is 0.111 e. The van der Waals surface area contributed by atoms with Crippen molar-refractivity contribution in [3.63, 3.8) is 0 Å². The molecule has 1 aliphatic rings. The normalized spacial score (nSPS) is 23.0. The summed E-state index contributed by atoms with van der Waals surface area (Å²) < 4.78 is 10.8. The Morgan fingerprint density at radius 2 is 2.06 bits per heavy atom. The highest BCUT2D eigenvalue weighted by molar-refractivity contribution is 5.24. The third-order valence-corrected chi connectivity index (χ3v) is 2.92. The molecule has 0 spiro atoms. The Hall–Kier alpha value is -0.900. The Morgan fingerprint density at radius 1 is 1.31 bits per heavy atom. The maximum absolute atomic E-state index is 10.1. The van der Waals surface area contributed by atoms with Crippen LogP contribution in [0.2, 0.25) is 0 Å². The van der Waals surface area contributed by atoms with Crippen LogP contribution in [-0.4, -0.2) is 31.0 Å². The average Bonchev–Trinajstić information content (AvgIpc) is 2.39. The molecule has 1 aromatic carbocycles. The fourth-order valence-corrected chi connectivity index (χ4v) is 1.85. The van der Waals surface area contributed by atoms with Crippen LogP contribution in [0.3, 0.4) is 0 Å². The molecule has 1 N–H and O–H groups in total. The van der Waals surface area contributed by atoms with Gasteiger partial charge in [-0.05, 0) is 17.5 Å². The standard InChI is InChI=1S/C13H18O3/c1-2-10-3-5-11(6-4-10)13(14)12-9-15-7-8-16-12/h3-6,12-14H,2,7-9H2,1H3. The van der Waals surface area contributed by atoms with E-state index in [1.165, 1.54) is 5.56 Å². The highest BCUT2D eigenvalue weighted by Gasteiger charge is 2.24. The van der Waals surface area contributed by atoms with Crippen LogP contribution in [0.5, 0.6) is 0 Å². The third kappa shape index (κ3) is 2.61. The number of aliphatic hydroxyl groups is 1. The molecule has 0 radical (unpaired) electrons. The monoisotopic (exact) mass is 222 g/mol. The number of hydrogen-bond acceptors (Lipinski definition) is 3. The van der Waals surface area contributed by atoms with Crippen molar-refractivity contribution in [3.05, 3.63) is 35.4 Å². The largest absolute Gasteiger partial charge is 0.386 e. The number of benzene rings is 1. The molecule has 0 saturated carbocycles. The van der Waals surface area contributed by atoms with Crippen molar-refractivity contribution in [2.24, 2.45) is 0 Å². The summed E-state index contributed by atoms with van der Waals surface area (Å²) in [6, 6.07) is 8.01. The van der Waals surface area contributed by atoms with Crippen molar-refractivity contribution < 1.29 is 14.6 Å². The predicted octanol–water partition coefficient (Wildman–Crippen LogP) is 1.70. The molecule has 3 heteroatoms. The molecule has 3 nitrogen and oxygen atoms in total. The summed E-state index contributed by atoms with van der Waals surface area (Å²) in [5.41, 5.74) is 2.17. The van der Waals surface area contributed by atoms with Gasteiger partial charge in [-0.1, -0.05) is 31.2 Å². The summed E-state index contributed by atoms with van der Waals surface area (Å²) in [7, 11) is 0. The van der Waals surface area contributed by atoms with Crippen molar-refractivity contribution in [1.82, 2.24) is 0 Å². The first-order valence-corrected chi connectivity index (χ1v) is 5.77. The van der Waals surface area contributed by atoms with Crippen LogP contribution >= 0.6 is 0 Å². The van der Waals surface area contributed by atoms with Crippen LogP contribution < -0.4 is 0 Å². The lowest BCUT2D eigenvalue weighted by Gasteiger charge is -2.27. The molecule has 0 aromatic heterocycles. The van der Waals surface area contributed by atoms with Crippen LogP contribution in [0.4, 0.5) is 0 Å². The van der Waals surface area contributed by atoms with Gasteiger partial charge in [0, 0.05) is 0 Å². The molecule has 2 unspecified atom stereocenters. The van der Waals surface area contributed by atoms with Gasteiger partial charge in [-0.2, -0.15) is 0 Å². The van der Waals surface area contributed by atoms with E-state index in [0.717, 1.165) is 12.0 Å². The van der Waals surface area contributed by atoms with Crippen LogP contribution in [0.15, 0.2) is 24.3 Å². The van der Waals surface area contributed by atoms with E-state index in [4.69, 9.17) is 9.47 Å². The Balaban J connectivity index is 2.04. The third-order valence-electron chi connectivity index (χ3n) is 2.92. The Morgan fingerprint density at radius 3 is 2.62 bits per heavy atom. The smallest absolute Gasteiger partial charge is 0.111 e. The number of rotatable bonds is 3. The fourth-order valence-electron chi connectivity index (χ4n) is 1.85. The quantitative estimate of drug-likeness (QED) is 0.846. The zero-order valence-corrected chi connectivity index (χ0v) is 9.56. The van der Waals surface area contributed by atoms with E-state index in [0.29, 0.717) is 19.8 Å². The predicted molar refractivity (Wildman–Crippen MR) is 61.3 cm³/mol. The molecular weight excluding hydrogens is 204 g/mol. The van der Waals surface area contributed by atoms with Gasteiger partial charge < -0.3 is 14.6 Å². The van der Waals surface area contributed by atoms with E-state index >= 15 is 0 Å². The van der Waals surface area contributed by atoms with Crippen molar-refractivity contribution in [1.29, 1.82) is 0 Å². The minimum atomic E-state index is -0.591. The highest BCUT2D eigenvalue weighted by Crippen LogP contribution is 2.21. The van der Waals surface area contributed by atoms with E-state index in [9.17, 15) is 5.11 Å². The van der Waals surface area contributed by atoms with Crippen LogP contribution in [-0.2, 0) is 15.9 Å². The van der Waals surface area contributed by atoms with E-state index in [-0.39, 0.29) is 6.10 Å². The molecule has 0 bridgehead atoms. The second-order valence-electron chi connectivity index (χ2n) is 4.02. The zero-order chi connectivity index (χ0) is 11.4. The lowest BCUT2D eigenvalue weighted by molar-refractivity contribution is -0.133. The summed E-state index contributed by atoms with van der Waals surface area (Å²) in [5, 5.41) is 10.1. The first-order chi connectivity index (χ1) is 7.81. The van der Waals surface area contributed by atoms with Crippen LogP contribution in [0.25, 0.3) is 0 Å². The Bertz CT molecular complexity index is 314. The minimum Gasteiger partial charge on any atom is -0.386 e. The number of aryl methyl sites for hydroxylation is 1. The van der Waals surface area contributed by atoms with Crippen molar-refractivity contribution in [2.75, 3.05) is 19.8 Å². The molecule has 1 saturated heterocycles. The maximum atomic E-state index is 10.1. The molecule has 0 aliphatic carbocycles. The summed E-state index contributed by atoms with van der Waals surface area (Å²) in [6.45, 7) is 3.77. The molecule has 1 aliphatic heterocycles. The molecular formula is C13H18O3. The zero-order valence-electron chi connectivity index (χ0n) is 9.56. The lowest BCUT2D eigenvalue weighted by atomic mass is 10.0. The Labute approximate surface area is 96.0 Å². The summed E-state index contributed by atoms with van der Waals surface area (Å²) in [5.74, 6) is 0. The van der Waals surface area contributed by atoms with Gasteiger partial charge in [0.05, 0.1) is 19.8 Å². The first-order valence-electron chi connectivity index (χ1n) is 5.77. The van der Waals surface area contributed by atoms with Gasteiger partial charge in [0.15, 0.2) is 0 Å². The molecule has 1 heterocycles. The van der Waals surface area contributed by atoms with Crippen LogP contribution in [0, 0.1) is 0 Å². The van der Waals surface area contributed by atoms with E-state index in [1.54, 1.807) is 0 Å². The van der Waals surface area contributed by atoms with Crippen molar-refractivity contribution >= 4 is 0 Å². The van der Waals surface area contributed by atoms with Gasteiger partial charge in [0.2, 0.25) is 0 Å². The van der Waals surface area contributed by atoms with Gasteiger partial charge in [0.25, 0.3) is 0 Å². The van der Waals surface area contributed by atoms with Gasteiger partial charge in [-0.25, -0.2) is 0 Å². The number of ether oxygens (including phenoxy) is 2. The van der Waals surface area contributed by atoms with Crippen LogP contribution in [0.1, 0.15) is 24.2 Å². The molecule has 1 fully saturated rings. The molecule has 2 atom stereocenters. The molecule has 2 rings (SSSR count). The van der Waals surface area contributed by atoms with Gasteiger partial charge in [0.1, 0.15) is 12.2 Å². The van der Waals surface area contributed by atoms with E-state index in [2.05, 4.69) is 6.92 Å². The number of aliphatic hydroxyl groups excluding tert-OH is 1. The van der Waals surface area contributed by atoms with E-state index in [1.807, 2.05) is 24.3 Å². The number of hydrogen-bond donors (Lipinski definition) is 1. The fraction of sp³-hybridized carbons (Fsp3) is 0.538. The summed E-state index contributed by atoms with van der Waals surface area (Å²) in [4.78, 5) is 0. The van der Waals surface area contributed by atoms with Crippen molar-refractivity contribution in [2.45, 2.75) is 25.6 Å². The van der Waals surface area contributed by atoms with Gasteiger partial charge in [-0.15, -0.1) is 0 Å². The second-order valence-corrected chi connectivity index (χ2v) is 4.02. The lowest BCUT2D eigenvalue weighted by Crippen LogP contribution is -2.33. The van der Waals surface area contributed by atoms with E-state index < -0.39 is 6.10 Å². The average molecular weight is 222 g/mol. The minimum absolute atomic E-state index is 0.235. The Kier molecular flexibility index (Phi) is 3.93. The molecule has 88 valence electrons. The molecule has 0 amide bonds. The van der Waals surface area contributed by atoms with Crippen molar-refractivity contribution in [3.8, 4) is 0 Å². The summed E-state index contributed by atoms with van der Waals surface area (Å²) in [6.07, 6.45) is 0.187.